The van der Waals surface area contributed by atoms with E-state index in [0.717, 1.165) is 22.0 Å². The largest absolute Gasteiger partial charge is 0.439 e. The van der Waals surface area contributed by atoms with Crippen LogP contribution in [0, 0.1) is 18.3 Å². The van der Waals surface area contributed by atoms with E-state index >= 15 is 0 Å². The van der Waals surface area contributed by atoms with E-state index in [9.17, 15) is 10.1 Å². The topological polar surface area (TPSA) is 87.6 Å². The standard InChI is InChI=1S/C19H14N4O2/c1-12-3-2-4-13(7-12)10-23-11-15(9-20)16-6-5-14(8-17(16)23)18-21-19(24)25-22-18/h2-8,11H,10H2,1H3,(H,21,22,24). The highest BCUT2D eigenvalue weighted by Gasteiger charge is 2.12. The molecule has 122 valence electrons. The van der Waals surface area contributed by atoms with Gasteiger partial charge in [-0.05, 0) is 18.6 Å². The molecule has 0 amide bonds. The van der Waals surface area contributed by atoms with E-state index < -0.39 is 5.76 Å². The predicted molar refractivity (Wildman–Crippen MR) is 93.1 cm³/mol. The lowest BCUT2D eigenvalue weighted by molar-refractivity contribution is 0.388. The highest BCUT2D eigenvalue weighted by molar-refractivity contribution is 5.89. The van der Waals surface area contributed by atoms with E-state index in [4.69, 9.17) is 0 Å². The summed E-state index contributed by atoms with van der Waals surface area (Å²) >= 11 is 0. The number of hydrogen-bond acceptors (Lipinski definition) is 4. The summed E-state index contributed by atoms with van der Waals surface area (Å²) in [5, 5.41) is 14.0. The Morgan fingerprint density at radius 1 is 1.28 bits per heavy atom. The Morgan fingerprint density at radius 2 is 2.16 bits per heavy atom. The second-order valence-corrected chi connectivity index (χ2v) is 5.95. The molecule has 0 aliphatic carbocycles. The Labute approximate surface area is 142 Å². The molecule has 2 aromatic carbocycles. The Balaban J connectivity index is 1.85. The number of aromatic amines is 1. The second kappa shape index (κ2) is 5.80. The molecule has 6 heteroatoms. The van der Waals surface area contributed by atoms with E-state index in [1.165, 1.54) is 5.56 Å². The number of fused-ring (bicyclic) bond motifs is 1. The van der Waals surface area contributed by atoms with E-state index in [-0.39, 0.29) is 0 Å². The molecular formula is C19H14N4O2. The van der Waals surface area contributed by atoms with Crippen molar-refractivity contribution in [3.8, 4) is 17.5 Å². The number of benzene rings is 2. The molecule has 6 nitrogen and oxygen atoms in total. The lowest BCUT2D eigenvalue weighted by Crippen LogP contribution is -1.98. The van der Waals surface area contributed by atoms with Crippen LogP contribution in [0.5, 0.6) is 0 Å². The van der Waals surface area contributed by atoms with Crippen LogP contribution in [0.3, 0.4) is 0 Å². The summed E-state index contributed by atoms with van der Waals surface area (Å²) in [5.74, 6) is -0.225. The number of aryl methyl sites for hydroxylation is 1. The molecular weight excluding hydrogens is 316 g/mol. The van der Waals surface area contributed by atoms with Gasteiger partial charge in [-0.1, -0.05) is 47.1 Å². The van der Waals surface area contributed by atoms with Gasteiger partial charge in [0.15, 0.2) is 5.82 Å². The highest BCUT2D eigenvalue weighted by Crippen LogP contribution is 2.26. The molecule has 0 spiro atoms. The molecule has 0 bridgehead atoms. The van der Waals surface area contributed by atoms with Gasteiger partial charge in [0.2, 0.25) is 0 Å². The van der Waals surface area contributed by atoms with Gasteiger partial charge in [0.1, 0.15) is 6.07 Å². The fourth-order valence-electron chi connectivity index (χ4n) is 3.02. The first-order chi connectivity index (χ1) is 12.1. The van der Waals surface area contributed by atoms with Crippen LogP contribution in [0.25, 0.3) is 22.3 Å². The highest BCUT2D eigenvalue weighted by atomic mass is 16.5. The lowest BCUT2D eigenvalue weighted by atomic mass is 10.1. The number of nitrogens with zero attached hydrogens (tertiary/aromatic N) is 3. The first kappa shape index (κ1) is 15.0. The van der Waals surface area contributed by atoms with Gasteiger partial charge in [-0.2, -0.15) is 5.26 Å². The summed E-state index contributed by atoms with van der Waals surface area (Å²) in [7, 11) is 0. The van der Waals surface area contributed by atoms with E-state index in [2.05, 4.69) is 45.9 Å². The van der Waals surface area contributed by atoms with Crippen molar-refractivity contribution in [1.82, 2.24) is 14.7 Å². The maximum absolute atomic E-state index is 11.2. The van der Waals surface area contributed by atoms with E-state index in [0.29, 0.717) is 17.9 Å². The van der Waals surface area contributed by atoms with Crippen molar-refractivity contribution in [1.29, 1.82) is 5.26 Å². The Bertz CT molecular complexity index is 1170. The van der Waals surface area contributed by atoms with E-state index in [1.807, 2.05) is 35.0 Å². The number of nitrogens with one attached hydrogen (secondary N) is 1. The summed E-state index contributed by atoms with van der Waals surface area (Å²) in [6.07, 6.45) is 1.85. The minimum Gasteiger partial charge on any atom is -0.342 e. The molecule has 0 fully saturated rings. The molecule has 0 aliphatic heterocycles. The number of rotatable bonds is 3. The van der Waals surface area contributed by atoms with Gasteiger partial charge in [0, 0.05) is 23.7 Å². The third kappa shape index (κ3) is 2.72. The van der Waals surface area contributed by atoms with Crippen LogP contribution < -0.4 is 5.76 Å². The molecule has 1 N–H and O–H groups in total. The van der Waals surface area contributed by atoms with Crippen molar-refractivity contribution in [2.24, 2.45) is 0 Å². The Kier molecular flexibility index (Phi) is 3.47. The summed E-state index contributed by atoms with van der Waals surface area (Å²) in [6, 6.07) is 16.1. The Morgan fingerprint density at radius 3 is 2.88 bits per heavy atom. The quantitative estimate of drug-likeness (QED) is 0.625. The average Bonchev–Trinajstić information content (AvgIpc) is 3.18. The second-order valence-electron chi connectivity index (χ2n) is 5.95. The summed E-state index contributed by atoms with van der Waals surface area (Å²) in [4.78, 5) is 13.7. The molecule has 0 saturated heterocycles. The molecule has 0 unspecified atom stereocenters. The van der Waals surface area contributed by atoms with E-state index in [1.54, 1.807) is 0 Å². The number of aromatic nitrogens is 3. The van der Waals surface area contributed by atoms with Crippen molar-refractivity contribution in [2.45, 2.75) is 13.5 Å². The predicted octanol–water partition coefficient (Wildman–Crippen LogP) is 3.21. The molecule has 0 aliphatic rings. The monoisotopic (exact) mass is 330 g/mol. The third-order valence-corrected chi connectivity index (χ3v) is 4.15. The van der Waals surface area contributed by atoms with Crippen molar-refractivity contribution < 1.29 is 4.52 Å². The van der Waals surface area contributed by atoms with Crippen LogP contribution >= 0.6 is 0 Å². The summed E-state index contributed by atoms with van der Waals surface area (Å²) in [6.45, 7) is 2.70. The molecule has 0 saturated carbocycles. The minimum absolute atomic E-state index is 0.369. The SMILES string of the molecule is Cc1cccc(Cn2cc(C#N)c3ccc(-c4noc(=O)[nH]4)cc32)c1. The molecule has 2 aromatic heterocycles. The molecule has 4 aromatic rings. The van der Waals surface area contributed by atoms with Crippen molar-refractivity contribution in [3.63, 3.8) is 0 Å². The van der Waals surface area contributed by atoms with Crippen LogP contribution in [0.15, 0.2) is 58.0 Å². The molecule has 2 heterocycles. The molecule has 0 radical (unpaired) electrons. The first-order valence-corrected chi connectivity index (χ1v) is 7.79. The van der Waals surface area contributed by atoms with Crippen molar-refractivity contribution >= 4 is 10.9 Å². The van der Waals surface area contributed by atoms with Gasteiger partial charge in [-0.15, -0.1) is 0 Å². The van der Waals surface area contributed by atoms with Crippen LogP contribution in [0.4, 0.5) is 0 Å². The third-order valence-electron chi connectivity index (χ3n) is 4.15. The number of H-pyrrole nitrogens is 1. The fourth-order valence-corrected chi connectivity index (χ4v) is 3.02. The fraction of sp³-hybridized carbons (Fsp3) is 0.105. The van der Waals surface area contributed by atoms with Gasteiger partial charge >= 0.3 is 5.76 Å². The van der Waals surface area contributed by atoms with Crippen LogP contribution in [0.1, 0.15) is 16.7 Å². The zero-order chi connectivity index (χ0) is 17.4. The number of hydrogen-bond donors (Lipinski definition) is 1. The van der Waals surface area contributed by atoms with Crippen molar-refractivity contribution in [2.75, 3.05) is 0 Å². The van der Waals surface area contributed by atoms with Crippen molar-refractivity contribution in [3.05, 3.63) is 75.9 Å². The average molecular weight is 330 g/mol. The maximum Gasteiger partial charge on any atom is 0.439 e. The van der Waals surface area contributed by atoms with Gasteiger partial charge in [-0.3, -0.25) is 9.51 Å². The van der Waals surface area contributed by atoms with Gasteiger partial charge in [-0.25, -0.2) is 4.79 Å². The number of nitriles is 1. The molecule has 4 rings (SSSR count). The minimum atomic E-state index is -0.594. The zero-order valence-corrected chi connectivity index (χ0v) is 13.5. The maximum atomic E-state index is 11.2. The summed E-state index contributed by atoms with van der Waals surface area (Å²) < 4.78 is 6.61. The Hall–Kier alpha value is -3.59. The lowest BCUT2D eigenvalue weighted by Gasteiger charge is -2.07. The van der Waals surface area contributed by atoms with Crippen LogP contribution in [-0.2, 0) is 6.54 Å². The normalized spacial score (nSPS) is 10.9. The van der Waals surface area contributed by atoms with Crippen LogP contribution in [0.2, 0.25) is 0 Å². The zero-order valence-electron chi connectivity index (χ0n) is 13.5. The molecule has 0 atom stereocenters. The van der Waals surface area contributed by atoms with Gasteiger partial charge < -0.3 is 4.57 Å². The molecule has 25 heavy (non-hydrogen) atoms. The smallest absolute Gasteiger partial charge is 0.342 e. The van der Waals surface area contributed by atoms with Gasteiger partial charge in [0.25, 0.3) is 0 Å². The summed E-state index contributed by atoms with van der Waals surface area (Å²) in [5.41, 5.74) is 4.59. The van der Waals surface area contributed by atoms with Gasteiger partial charge in [0.05, 0.1) is 11.1 Å². The van der Waals surface area contributed by atoms with Crippen LogP contribution in [-0.4, -0.2) is 14.7 Å². The first-order valence-electron chi connectivity index (χ1n) is 7.79.